The van der Waals surface area contributed by atoms with Gasteiger partial charge in [0.1, 0.15) is 6.04 Å². The number of hydroxylamine groups is 1. The van der Waals surface area contributed by atoms with E-state index in [1.54, 1.807) is 24.3 Å². The quantitative estimate of drug-likeness (QED) is 0.252. The number of hydrogen-bond acceptors (Lipinski definition) is 6. The predicted octanol–water partition coefficient (Wildman–Crippen LogP) is -0.127. The molecular weight excluding hydrogens is 386 g/mol. The van der Waals surface area contributed by atoms with Crippen LogP contribution in [0.3, 0.4) is 0 Å². The van der Waals surface area contributed by atoms with Gasteiger partial charge in [-0.05, 0) is 56.4 Å². The SMILES string of the molecule is CC(C)(O)[C@H](NC(=O)c1ccc(C#CC#CCCN2CCC(O)C2)cc1)C(=O)NO. The Balaban J connectivity index is 1.89. The van der Waals surface area contributed by atoms with Gasteiger partial charge in [-0.3, -0.25) is 19.7 Å². The van der Waals surface area contributed by atoms with Gasteiger partial charge in [0.15, 0.2) is 0 Å². The van der Waals surface area contributed by atoms with E-state index in [4.69, 9.17) is 5.21 Å². The number of likely N-dealkylation sites (tertiary alicyclic amines) is 1. The van der Waals surface area contributed by atoms with Crippen molar-refractivity contribution in [1.29, 1.82) is 0 Å². The van der Waals surface area contributed by atoms with Crippen LogP contribution in [0, 0.1) is 23.7 Å². The molecule has 0 bridgehead atoms. The molecule has 8 nitrogen and oxygen atoms in total. The van der Waals surface area contributed by atoms with E-state index < -0.39 is 23.5 Å². The summed E-state index contributed by atoms with van der Waals surface area (Å²) in [6.45, 7) is 5.11. The monoisotopic (exact) mass is 413 g/mol. The van der Waals surface area contributed by atoms with Gasteiger partial charge in [0.25, 0.3) is 11.8 Å². The number of hydrogen-bond donors (Lipinski definition) is 5. The van der Waals surface area contributed by atoms with Crippen LogP contribution in [0.2, 0.25) is 0 Å². The molecule has 2 atom stereocenters. The second-order valence-electron chi connectivity index (χ2n) is 7.66. The second kappa shape index (κ2) is 10.8. The number of carbonyl (C=O) groups excluding carboxylic acids is 2. The minimum Gasteiger partial charge on any atom is -0.392 e. The van der Waals surface area contributed by atoms with Gasteiger partial charge in [-0.25, -0.2) is 5.48 Å². The molecule has 1 heterocycles. The minimum absolute atomic E-state index is 0.226. The molecule has 0 radical (unpaired) electrons. The summed E-state index contributed by atoms with van der Waals surface area (Å²) in [4.78, 5) is 26.2. The summed E-state index contributed by atoms with van der Waals surface area (Å²) >= 11 is 0. The molecule has 5 N–H and O–H groups in total. The van der Waals surface area contributed by atoms with E-state index >= 15 is 0 Å². The maximum Gasteiger partial charge on any atom is 0.268 e. The lowest BCUT2D eigenvalue weighted by molar-refractivity contribution is -0.136. The first-order valence-electron chi connectivity index (χ1n) is 9.67. The van der Waals surface area contributed by atoms with Crippen LogP contribution in [-0.4, -0.2) is 69.5 Å². The van der Waals surface area contributed by atoms with Crippen molar-refractivity contribution in [2.45, 2.75) is 44.4 Å². The van der Waals surface area contributed by atoms with Crippen LogP contribution in [-0.2, 0) is 4.79 Å². The van der Waals surface area contributed by atoms with Crippen LogP contribution in [0.1, 0.15) is 42.6 Å². The van der Waals surface area contributed by atoms with Crippen molar-refractivity contribution in [2.24, 2.45) is 0 Å². The van der Waals surface area contributed by atoms with E-state index in [1.165, 1.54) is 19.3 Å². The molecular formula is C22H27N3O5. The van der Waals surface area contributed by atoms with Gasteiger partial charge in [-0.15, -0.1) is 0 Å². The highest BCUT2D eigenvalue weighted by Crippen LogP contribution is 2.11. The van der Waals surface area contributed by atoms with Gasteiger partial charge in [-0.2, -0.15) is 0 Å². The molecule has 2 rings (SSSR count). The fourth-order valence-electron chi connectivity index (χ4n) is 2.99. The molecule has 160 valence electrons. The fourth-order valence-corrected chi connectivity index (χ4v) is 2.99. The average Bonchev–Trinajstić information content (AvgIpc) is 3.12. The molecule has 1 aliphatic heterocycles. The zero-order valence-electron chi connectivity index (χ0n) is 17.1. The number of rotatable bonds is 6. The van der Waals surface area contributed by atoms with E-state index in [0.29, 0.717) is 18.5 Å². The van der Waals surface area contributed by atoms with Crippen LogP contribution in [0.4, 0.5) is 0 Å². The molecule has 0 saturated carbocycles. The molecule has 1 aromatic rings. The molecule has 0 aromatic heterocycles. The Morgan fingerprint density at radius 1 is 1.27 bits per heavy atom. The number of aliphatic hydroxyl groups excluding tert-OH is 1. The molecule has 0 aliphatic carbocycles. The number of aliphatic hydroxyl groups is 2. The van der Waals surface area contributed by atoms with Gasteiger partial charge >= 0.3 is 0 Å². The Morgan fingerprint density at radius 3 is 2.53 bits per heavy atom. The molecule has 2 amide bonds. The second-order valence-corrected chi connectivity index (χ2v) is 7.66. The Bertz CT molecular complexity index is 868. The first-order chi connectivity index (χ1) is 14.2. The lowest BCUT2D eigenvalue weighted by atomic mass is 9.97. The number of amides is 2. The Kier molecular flexibility index (Phi) is 8.40. The molecule has 30 heavy (non-hydrogen) atoms. The average molecular weight is 413 g/mol. The summed E-state index contributed by atoms with van der Waals surface area (Å²) in [5.41, 5.74) is 0.820. The van der Waals surface area contributed by atoms with Crippen molar-refractivity contribution < 1.29 is 25.0 Å². The Labute approximate surface area is 176 Å². The molecule has 1 saturated heterocycles. The zero-order chi connectivity index (χ0) is 22.1. The van der Waals surface area contributed by atoms with Gasteiger partial charge in [0, 0.05) is 37.2 Å². The largest absolute Gasteiger partial charge is 0.392 e. The lowest BCUT2D eigenvalue weighted by Gasteiger charge is -2.28. The summed E-state index contributed by atoms with van der Waals surface area (Å²) in [7, 11) is 0. The number of β-amino-alcohol motifs (C(OH)–C–C–N with tert-alkyl or cyclic N) is 1. The van der Waals surface area contributed by atoms with Crippen LogP contribution in [0.15, 0.2) is 24.3 Å². The summed E-state index contributed by atoms with van der Waals surface area (Å²) in [5, 5.41) is 30.7. The van der Waals surface area contributed by atoms with Crippen LogP contribution in [0.25, 0.3) is 0 Å². The summed E-state index contributed by atoms with van der Waals surface area (Å²) in [5.74, 6) is 9.95. The molecule has 0 spiro atoms. The number of benzene rings is 1. The normalized spacial score (nSPS) is 17.2. The number of nitrogens with one attached hydrogen (secondary N) is 2. The summed E-state index contributed by atoms with van der Waals surface area (Å²) in [6, 6.07) is 5.07. The zero-order valence-corrected chi connectivity index (χ0v) is 17.1. The fraction of sp³-hybridized carbons (Fsp3) is 0.455. The third-order valence-electron chi connectivity index (χ3n) is 4.66. The van der Waals surface area contributed by atoms with Crippen molar-refractivity contribution >= 4 is 11.8 Å². The van der Waals surface area contributed by atoms with Crippen molar-refractivity contribution in [3.63, 3.8) is 0 Å². The van der Waals surface area contributed by atoms with Crippen LogP contribution >= 0.6 is 0 Å². The van der Waals surface area contributed by atoms with E-state index in [-0.39, 0.29) is 11.7 Å². The highest BCUT2D eigenvalue weighted by Gasteiger charge is 2.34. The maximum atomic E-state index is 12.3. The molecule has 1 fully saturated rings. The number of nitrogens with zero attached hydrogens (tertiary/aromatic N) is 1. The molecule has 1 aliphatic rings. The smallest absolute Gasteiger partial charge is 0.268 e. The first kappa shape index (κ1) is 23.4. The Hall–Kier alpha value is -2.88. The third kappa shape index (κ3) is 7.18. The highest BCUT2D eigenvalue weighted by atomic mass is 16.5. The highest BCUT2D eigenvalue weighted by molar-refractivity contribution is 5.97. The molecule has 1 aromatic carbocycles. The minimum atomic E-state index is -1.57. The van der Waals surface area contributed by atoms with Gasteiger partial charge < -0.3 is 15.5 Å². The Morgan fingerprint density at radius 2 is 1.97 bits per heavy atom. The standard InChI is InChI=1S/C22H27N3O5/c1-22(2,29)19(21(28)24-30)23-20(27)17-10-8-16(9-11-17)7-5-3-4-6-13-25-14-12-18(26)15-25/h8-11,18-19,26,29-30H,6,12-15H2,1-2H3,(H,23,27)(H,24,28)/t18?,19-/m1/s1. The van der Waals surface area contributed by atoms with E-state index in [9.17, 15) is 19.8 Å². The first-order valence-corrected chi connectivity index (χ1v) is 9.67. The van der Waals surface area contributed by atoms with Crippen molar-refractivity contribution in [2.75, 3.05) is 19.6 Å². The van der Waals surface area contributed by atoms with E-state index in [0.717, 1.165) is 19.5 Å². The topological polar surface area (TPSA) is 122 Å². The lowest BCUT2D eigenvalue weighted by Crippen LogP contribution is -2.57. The van der Waals surface area contributed by atoms with Crippen LogP contribution < -0.4 is 10.8 Å². The summed E-state index contributed by atoms with van der Waals surface area (Å²) < 4.78 is 0. The van der Waals surface area contributed by atoms with Gasteiger partial charge in [0.2, 0.25) is 0 Å². The maximum absolute atomic E-state index is 12.3. The van der Waals surface area contributed by atoms with Gasteiger partial charge in [0.05, 0.1) is 11.7 Å². The van der Waals surface area contributed by atoms with E-state index in [1.807, 2.05) is 0 Å². The van der Waals surface area contributed by atoms with Crippen LogP contribution in [0.5, 0.6) is 0 Å². The third-order valence-corrected chi connectivity index (χ3v) is 4.66. The van der Waals surface area contributed by atoms with Crippen molar-refractivity contribution in [3.05, 3.63) is 35.4 Å². The molecule has 8 heteroatoms. The summed E-state index contributed by atoms with van der Waals surface area (Å²) in [6.07, 6.45) is 1.27. The predicted molar refractivity (Wildman–Crippen MR) is 110 cm³/mol. The van der Waals surface area contributed by atoms with Gasteiger partial charge in [-0.1, -0.05) is 11.8 Å². The molecule has 1 unspecified atom stereocenters. The van der Waals surface area contributed by atoms with Crippen molar-refractivity contribution in [3.8, 4) is 23.7 Å². The number of carbonyl (C=O) groups is 2. The van der Waals surface area contributed by atoms with Crippen molar-refractivity contribution in [1.82, 2.24) is 15.7 Å². The van der Waals surface area contributed by atoms with E-state index in [2.05, 4.69) is 33.9 Å².